The van der Waals surface area contributed by atoms with E-state index >= 15 is 0 Å². The monoisotopic (exact) mass is 524 g/mol. The summed E-state index contributed by atoms with van der Waals surface area (Å²) in [5.74, 6) is -0.113. The molecule has 0 aliphatic heterocycles. The van der Waals surface area contributed by atoms with E-state index in [0.29, 0.717) is 21.2 Å². The van der Waals surface area contributed by atoms with E-state index in [2.05, 4.69) is 25.7 Å². The van der Waals surface area contributed by atoms with Gasteiger partial charge in [-0.1, -0.05) is 51.8 Å². The largest absolute Gasteiger partial charge is 0.338 e. The average molecular weight is 525 g/mol. The highest BCUT2D eigenvalue weighted by Gasteiger charge is 2.28. The molecule has 2 aromatic carbocycles. The van der Waals surface area contributed by atoms with Crippen LogP contribution in [0.15, 0.2) is 57.4 Å². The van der Waals surface area contributed by atoms with Crippen molar-refractivity contribution in [2.75, 3.05) is 12.4 Å². The quantitative estimate of drug-likeness (QED) is 0.359. The number of rotatable bonds is 7. The maximum Gasteiger partial charge on any atom is 0.272 e. The number of carbonyl (C=O) groups excluding carboxylic acids is 1. The fourth-order valence-corrected chi connectivity index (χ4v) is 5.13. The summed E-state index contributed by atoms with van der Waals surface area (Å²) in [6, 6.07) is 13.1. The third-order valence-electron chi connectivity index (χ3n) is 4.27. The number of aromatic nitrogens is 4. The Morgan fingerprint density at radius 2 is 1.88 bits per heavy atom. The molecule has 4 rings (SSSR count). The van der Waals surface area contributed by atoms with Crippen LogP contribution in [0.2, 0.25) is 10.0 Å². The molecule has 10 nitrogen and oxygen atoms in total. The summed E-state index contributed by atoms with van der Waals surface area (Å²) >= 11 is 12.5. The van der Waals surface area contributed by atoms with E-state index < -0.39 is 15.9 Å². The summed E-state index contributed by atoms with van der Waals surface area (Å²) < 4.78 is 31.6. The van der Waals surface area contributed by atoms with E-state index in [1.165, 1.54) is 19.2 Å². The van der Waals surface area contributed by atoms with E-state index in [-0.39, 0.29) is 27.7 Å². The first-order valence-electron chi connectivity index (χ1n) is 9.17. The van der Waals surface area contributed by atoms with Gasteiger partial charge in [0.15, 0.2) is 0 Å². The molecule has 0 bridgehead atoms. The first kappa shape index (κ1) is 23.3. The van der Waals surface area contributed by atoms with Crippen LogP contribution in [0.1, 0.15) is 16.2 Å². The van der Waals surface area contributed by atoms with Crippen molar-refractivity contribution >= 4 is 55.6 Å². The molecule has 2 aromatic heterocycles. The van der Waals surface area contributed by atoms with Crippen LogP contribution in [0.3, 0.4) is 0 Å². The SMILES string of the molecule is CN(Cc1nc(-c2cccc(Cl)c2)no1)S(=O)(=O)c1nnc(NC(=O)c2ccc(Cl)cc2)s1. The molecule has 0 radical (unpaired) electrons. The molecule has 4 aromatic rings. The van der Waals surface area contributed by atoms with Crippen LogP contribution in [0.25, 0.3) is 11.4 Å². The summed E-state index contributed by atoms with van der Waals surface area (Å²) in [5.41, 5.74) is 0.969. The van der Waals surface area contributed by atoms with Gasteiger partial charge >= 0.3 is 0 Å². The van der Waals surface area contributed by atoms with Gasteiger partial charge in [0.2, 0.25) is 21.2 Å². The summed E-state index contributed by atoms with van der Waals surface area (Å²) in [6.07, 6.45) is 0. The Kier molecular flexibility index (Phi) is 6.72. The molecule has 0 fully saturated rings. The molecule has 14 heteroatoms. The molecular weight excluding hydrogens is 511 g/mol. The number of carbonyl (C=O) groups is 1. The van der Waals surface area contributed by atoms with Crippen molar-refractivity contribution in [3.05, 3.63) is 70.0 Å². The van der Waals surface area contributed by atoms with Crippen LogP contribution < -0.4 is 5.32 Å². The van der Waals surface area contributed by atoms with Crippen molar-refractivity contribution in [3.63, 3.8) is 0 Å². The van der Waals surface area contributed by atoms with Gasteiger partial charge in [-0.15, -0.1) is 10.2 Å². The number of hydrogen-bond donors (Lipinski definition) is 1. The Labute approximate surface area is 202 Å². The van der Waals surface area contributed by atoms with Gasteiger partial charge in [-0.05, 0) is 36.4 Å². The molecule has 0 unspecified atom stereocenters. The number of amides is 1. The minimum absolute atomic E-state index is 0.0305. The summed E-state index contributed by atoms with van der Waals surface area (Å²) in [5, 5.41) is 14.8. The Bertz CT molecular complexity index is 1410. The number of nitrogens with zero attached hydrogens (tertiary/aromatic N) is 5. The second kappa shape index (κ2) is 9.53. The number of anilines is 1. The second-order valence-corrected chi connectivity index (χ2v) is 10.7. The van der Waals surface area contributed by atoms with Gasteiger partial charge in [0, 0.05) is 28.2 Å². The molecule has 2 heterocycles. The van der Waals surface area contributed by atoms with E-state index in [4.69, 9.17) is 27.7 Å². The Balaban J connectivity index is 1.44. The average Bonchev–Trinajstić information content (AvgIpc) is 3.44. The standard InChI is InChI=1S/C19H14Cl2N6O4S2/c1-27(10-15-22-16(26-31-15)12-3-2-4-14(21)9-12)33(29,30)19-25-24-18(32-19)23-17(28)11-5-7-13(20)8-6-11/h2-9H,10H2,1H3,(H,23,24,28). The number of hydrogen-bond acceptors (Lipinski definition) is 9. The van der Waals surface area contributed by atoms with Gasteiger partial charge in [0.25, 0.3) is 15.9 Å². The van der Waals surface area contributed by atoms with Crippen molar-refractivity contribution in [1.82, 2.24) is 24.6 Å². The number of benzene rings is 2. The number of sulfonamides is 1. The van der Waals surface area contributed by atoms with Crippen molar-refractivity contribution in [2.45, 2.75) is 10.9 Å². The summed E-state index contributed by atoms with van der Waals surface area (Å²) in [7, 11) is -2.68. The highest BCUT2D eigenvalue weighted by molar-refractivity contribution is 7.91. The molecule has 0 spiro atoms. The number of nitrogens with one attached hydrogen (secondary N) is 1. The zero-order chi connectivity index (χ0) is 23.6. The van der Waals surface area contributed by atoms with Gasteiger partial charge in [0.1, 0.15) is 0 Å². The first-order valence-corrected chi connectivity index (χ1v) is 12.2. The van der Waals surface area contributed by atoms with Crippen LogP contribution >= 0.6 is 34.5 Å². The lowest BCUT2D eigenvalue weighted by molar-refractivity contribution is 0.102. The minimum Gasteiger partial charge on any atom is -0.338 e. The summed E-state index contributed by atoms with van der Waals surface area (Å²) in [6.45, 7) is -0.193. The van der Waals surface area contributed by atoms with Gasteiger partial charge in [0.05, 0.1) is 6.54 Å². The molecule has 0 saturated heterocycles. The highest BCUT2D eigenvalue weighted by atomic mass is 35.5. The van der Waals surface area contributed by atoms with Crippen LogP contribution in [0.5, 0.6) is 0 Å². The van der Waals surface area contributed by atoms with Crippen molar-refractivity contribution in [3.8, 4) is 11.4 Å². The molecule has 0 aliphatic rings. The summed E-state index contributed by atoms with van der Waals surface area (Å²) in [4.78, 5) is 16.5. The van der Waals surface area contributed by atoms with Crippen molar-refractivity contribution < 1.29 is 17.7 Å². The fraction of sp³-hybridized carbons (Fsp3) is 0.105. The second-order valence-electron chi connectivity index (χ2n) is 6.62. The zero-order valence-corrected chi connectivity index (χ0v) is 19.9. The lowest BCUT2D eigenvalue weighted by atomic mass is 10.2. The van der Waals surface area contributed by atoms with Crippen LogP contribution in [0.4, 0.5) is 5.13 Å². The molecule has 1 amide bonds. The van der Waals surface area contributed by atoms with Gasteiger partial charge < -0.3 is 4.52 Å². The van der Waals surface area contributed by atoms with E-state index in [1.54, 1.807) is 36.4 Å². The molecular formula is C19H14Cl2N6O4S2. The van der Waals surface area contributed by atoms with E-state index in [9.17, 15) is 13.2 Å². The van der Waals surface area contributed by atoms with Gasteiger partial charge in [-0.2, -0.15) is 9.29 Å². The van der Waals surface area contributed by atoms with Gasteiger partial charge in [-0.25, -0.2) is 8.42 Å². The lowest BCUT2D eigenvalue weighted by Crippen LogP contribution is -2.26. The normalized spacial score (nSPS) is 11.6. The van der Waals surface area contributed by atoms with Crippen LogP contribution in [-0.4, -0.2) is 46.0 Å². The van der Waals surface area contributed by atoms with Gasteiger partial charge in [-0.3, -0.25) is 10.1 Å². The Morgan fingerprint density at radius 3 is 2.61 bits per heavy atom. The van der Waals surface area contributed by atoms with Crippen LogP contribution in [-0.2, 0) is 16.6 Å². The van der Waals surface area contributed by atoms with E-state index in [0.717, 1.165) is 15.6 Å². The molecule has 0 atom stereocenters. The predicted molar refractivity (Wildman–Crippen MR) is 123 cm³/mol. The minimum atomic E-state index is -4.02. The molecule has 170 valence electrons. The van der Waals surface area contributed by atoms with Crippen molar-refractivity contribution in [2.24, 2.45) is 0 Å². The molecule has 0 aliphatic carbocycles. The number of halogens is 2. The maximum atomic E-state index is 12.9. The molecule has 1 N–H and O–H groups in total. The topological polar surface area (TPSA) is 131 Å². The third-order valence-corrected chi connectivity index (χ3v) is 7.75. The maximum absolute atomic E-state index is 12.9. The third kappa shape index (κ3) is 5.37. The Morgan fingerprint density at radius 1 is 1.12 bits per heavy atom. The van der Waals surface area contributed by atoms with E-state index in [1.807, 2.05) is 0 Å². The zero-order valence-electron chi connectivity index (χ0n) is 16.8. The lowest BCUT2D eigenvalue weighted by Gasteiger charge is -2.11. The highest BCUT2D eigenvalue weighted by Crippen LogP contribution is 2.25. The predicted octanol–water partition coefficient (Wildman–Crippen LogP) is 3.97. The van der Waals surface area contributed by atoms with Crippen molar-refractivity contribution in [1.29, 1.82) is 0 Å². The molecule has 33 heavy (non-hydrogen) atoms. The smallest absolute Gasteiger partial charge is 0.272 e. The fourth-order valence-electron chi connectivity index (χ4n) is 2.61. The molecule has 0 saturated carbocycles. The Hall–Kier alpha value is -2.90. The van der Waals surface area contributed by atoms with Crippen LogP contribution in [0, 0.1) is 0 Å². The first-order chi connectivity index (χ1) is 15.7.